The molecule has 0 spiro atoms. The van der Waals surface area contributed by atoms with Gasteiger partial charge in [-0.05, 0) is 44.2 Å². The smallest absolute Gasteiger partial charge is 0.405 e. The Balaban J connectivity index is 2.16. The van der Waals surface area contributed by atoms with Gasteiger partial charge in [-0.1, -0.05) is 56.4 Å². The third kappa shape index (κ3) is 8.68. The fraction of sp³-hybridized carbons (Fsp3) is 0.429. The van der Waals surface area contributed by atoms with Crippen molar-refractivity contribution < 1.29 is 43.2 Å². The van der Waals surface area contributed by atoms with Gasteiger partial charge in [0.2, 0.25) is 5.78 Å². The molecule has 1 heterocycles. The Kier molecular flexibility index (Phi) is 12.8. The Morgan fingerprint density at radius 2 is 1.74 bits per heavy atom. The summed E-state index contributed by atoms with van der Waals surface area (Å²) in [4.78, 5) is 52.6. The van der Waals surface area contributed by atoms with Crippen LogP contribution >= 0.6 is 0 Å². The molecule has 0 aromatic heterocycles. The van der Waals surface area contributed by atoms with E-state index in [2.05, 4.69) is 5.32 Å². The molecule has 11 nitrogen and oxygen atoms in total. The average molecular weight is 637 g/mol. The fourth-order valence-corrected chi connectivity index (χ4v) is 5.73. The van der Waals surface area contributed by atoms with Crippen molar-refractivity contribution in [2.24, 2.45) is 17.6 Å². The van der Waals surface area contributed by atoms with Gasteiger partial charge in [-0.25, -0.2) is 4.79 Å². The second kappa shape index (κ2) is 16.3. The average Bonchev–Trinajstić information content (AvgIpc) is 3.02. The second-order valence-electron chi connectivity index (χ2n) is 11.6. The lowest BCUT2D eigenvalue weighted by Gasteiger charge is -2.30. The van der Waals surface area contributed by atoms with Crippen LogP contribution in [0.25, 0.3) is 5.57 Å². The lowest BCUT2D eigenvalue weighted by atomic mass is 9.81. The molecule has 0 saturated heterocycles. The molecule has 2 bridgehead atoms. The van der Waals surface area contributed by atoms with Crippen LogP contribution in [0.3, 0.4) is 0 Å². The number of nitrogens with one attached hydrogen (secondary N) is 1. The summed E-state index contributed by atoms with van der Waals surface area (Å²) in [5.41, 5.74) is 6.92. The number of benzene rings is 1. The Morgan fingerprint density at radius 1 is 1.04 bits per heavy atom. The van der Waals surface area contributed by atoms with E-state index in [0.717, 1.165) is 6.08 Å². The quantitative estimate of drug-likeness (QED) is 0.321. The monoisotopic (exact) mass is 636 g/mol. The predicted molar refractivity (Wildman–Crippen MR) is 172 cm³/mol. The van der Waals surface area contributed by atoms with E-state index in [9.17, 15) is 24.3 Å². The Morgan fingerprint density at radius 3 is 2.37 bits per heavy atom. The van der Waals surface area contributed by atoms with Crippen molar-refractivity contribution in [3.05, 3.63) is 82.6 Å². The van der Waals surface area contributed by atoms with Gasteiger partial charge in [0.1, 0.15) is 11.9 Å². The van der Waals surface area contributed by atoms with E-state index in [1.54, 1.807) is 63.3 Å². The summed E-state index contributed by atoms with van der Waals surface area (Å²) < 4.78 is 22.2. The minimum atomic E-state index is -1.00. The number of methoxy groups -OCH3 is 3. The van der Waals surface area contributed by atoms with E-state index in [1.807, 2.05) is 6.92 Å². The van der Waals surface area contributed by atoms with Crippen LogP contribution in [0.15, 0.2) is 77.1 Å². The molecular weight excluding hydrogens is 592 g/mol. The lowest BCUT2D eigenvalue weighted by Crippen LogP contribution is -2.37. The summed E-state index contributed by atoms with van der Waals surface area (Å²) in [6.07, 6.45) is 3.66. The molecule has 2 amide bonds. The number of para-hydroxylation sites is 1. The highest BCUT2D eigenvalue weighted by Crippen LogP contribution is 2.36. The molecule has 6 atom stereocenters. The minimum absolute atomic E-state index is 0.146. The van der Waals surface area contributed by atoms with Gasteiger partial charge in [-0.15, -0.1) is 0 Å². The third-order valence-corrected chi connectivity index (χ3v) is 8.17. The molecule has 1 aromatic carbocycles. The zero-order valence-electron chi connectivity index (χ0n) is 27.4. The predicted octanol–water partition coefficient (Wildman–Crippen LogP) is 3.97. The Hall–Kier alpha value is -4.32. The standard InChI is InChI=1S/C35H44N2O9/c1-19-15-24-30(23-12-8-9-13-27(23)43-5)26(38)18-25(32(24)40)37-34(41)20(2)11-10-14-28(44-6)33(46-35(36)42)22(4)17-21(3)31(39)29(16-19)45-7/h8-14,17-19,21,28-29,31,33,39H,15-16H2,1-7H3,(H2,36,42)(H,37,41)/b14-10-,20-11-,22-17-/t19-,21+,28-,29-,31+,33-/m1/s1. The first-order valence-electron chi connectivity index (χ1n) is 15.0. The van der Waals surface area contributed by atoms with E-state index >= 15 is 0 Å². The summed E-state index contributed by atoms with van der Waals surface area (Å²) >= 11 is 0. The normalized spacial score (nSPS) is 29.9. The highest BCUT2D eigenvalue weighted by molar-refractivity contribution is 6.38. The number of nitrogens with two attached hydrogens (primary N) is 1. The lowest BCUT2D eigenvalue weighted by molar-refractivity contribution is -0.119. The van der Waals surface area contributed by atoms with Gasteiger partial charge in [0.25, 0.3) is 5.91 Å². The number of carbonyl (C=O) groups is 4. The molecule has 46 heavy (non-hydrogen) atoms. The molecule has 1 aliphatic heterocycles. The third-order valence-electron chi connectivity index (χ3n) is 8.17. The molecule has 248 valence electrons. The molecule has 0 radical (unpaired) electrons. The highest BCUT2D eigenvalue weighted by Gasteiger charge is 2.34. The maximum atomic E-state index is 14.0. The fourth-order valence-electron chi connectivity index (χ4n) is 5.73. The van der Waals surface area contributed by atoms with E-state index in [0.29, 0.717) is 23.3 Å². The topological polar surface area (TPSA) is 163 Å². The van der Waals surface area contributed by atoms with Crippen LogP contribution in [-0.2, 0) is 28.6 Å². The van der Waals surface area contributed by atoms with Crippen molar-refractivity contribution in [3.63, 3.8) is 0 Å². The summed E-state index contributed by atoms with van der Waals surface area (Å²) in [5.74, 6) is -1.81. The van der Waals surface area contributed by atoms with Gasteiger partial charge < -0.3 is 35.1 Å². The summed E-state index contributed by atoms with van der Waals surface area (Å²) in [6, 6.07) is 6.93. The summed E-state index contributed by atoms with van der Waals surface area (Å²) in [7, 11) is 4.41. The van der Waals surface area contributed by atoms with Crippen molar-refractivity contribution >= 4 is 29.1 Å². The number of aliphatic hydroxyl groups is 1. The number of Topliss-reactive ketones (excluding diaryl/α,β-unsaturated/α-hetero) is 1. The van der Waals surface area contributed by atoms with Crippen LogP contribution in [0.5, 0.6) is 5.75 Å². The number of hydrogen-bond donors (Lipinski definition) is 3. The van der Waals surface area contributed by atoms with Crippen molar-refractivity contribution in [1.82, 2.24) is 5.32 Å². The molecular formula is C35H44N2O9. The summed E-state index contributed by atoms with van der Waals surface area (Å²) in [6.45, 7) is 6.99. The van der Waals surface area contributed by atoms with Gasteiger partial charge in [-0.3, -0.25) is 14.4 Å². The molecule has 2 aliphatic rings. The van der Waals surface area contributed by atoms with Crippen molar-refractivity contribution in [2.45, 2.75) is 65.0 Å². The molecule has 0 fully saturated rings. The van der Waals surface area contributed by atoms with E-state index in [4.69, 9.17) is 24.7 Å². The van der Waals surface area contributed by atoms with Crippen LogP contribution in [0, 0.1) is 11.8 Å². The number of primary amides is 1. The number of carbonyl (C=O) groups excluding carboxylic acids is 4. The zero-order valence-corrected chi connectivity index (χ0v) is 27.4. The van der Waals surface area contributed by atoms with Gasteiger partial charge in [0.05, 0.1) is 25.0 Å². The molecule has 0 saturated carbocycles. The first-order chi connectivity index (χ1) is 21.8. The number of hydrogen-bond acceptors (Lipinski definition) is 9. The SMILES string of the molecule is COc1ccccc1C1=C2C[C@@H](C)C[C@@H](OC)[C@@H](O)[C@@H](C)/C=C(/C)[C@@H](OC(N)=O)[C@H](OC)/C=C\C=C(\C)C(=O)NC(=CC1=O)C2=O. The molecule has 4 N–H and O–H groups in total. The highest BCUT2D eigenvalue weighted by atomic mass is 16.6. The van der Waals surface area contributed by atoms with Crippen LogP contribution in [0.4, 0.5) is 4.79 Å². The maximum absolute atomic E-state index is 14.0. The van der Waals surface area contributed by atoms with Crippen LogP contribution in [0.2, 0.25) is 0 Å². The second-order valence-corrected chi connectivity index (χ2v) is 11.6. The first kappa shape index (κ1) is 36.2. The molecule has 1 aliphatic carbocycles. The van der Waals surface area contributed by atoms with Crippen molar-refractivity contribution in [3.8, 4) is 5.75 Å². The number of ether oxygens (including phenoxy) is 4. The summed E-state index contributed by atoms with van der Waals surface area (Å²) in [5, 5.41) is 14.0. The van der Waals surface area contributed by atoms with Crippen LogP contribution < -0.4 is 15.8 Å². The molecule has 3 rings (SSSR count). The molecule has 0 unspecified atom stereocenters. The maximum Gasteiger partial charge on any atom is 0.405 e. The van der Waals surface area contributed by atoms with E-state index in [1.165, 1.54) is 27.4 Å². The first-order valence-corrected chi connectivity index (χ1v) is 15.0. The number of rotatable bonds is 5. The van der Waals surface area contributed by atoms with Crippen molar-refractivity contribution in [2.75, 3.05) is 21.3 Å². The number of allylic oxidation sites excluding steroid dienone is 5. The molecule has 11 heteroatoms. The number of aliphatic hydroxyl groups excluding tert-OH is 1. The number of fused-ring (bicyclic) bond motifs is 2. The van der Waals surface area contributed by atoms with Gasteiger partial charge >= 0.3 is 6.09 Å². The minimum Gasteiger partial charge on any atom is -0.496 e. The van der Waals surface area contributed by atoms with E-state index < -0.39 is 53.9 Å². The zero-order chi connectivity index (χ0) is 34.1. The number of ketones is 2. The van der Waals surface area contributed by atoms with Gasteiger partial charge in [0, 0.05) is 48.5 Å². The number of amides is 2. The van der Waals surface area contributed by atoms with Crippen LogP contribution in [0.1, 0.15) is 46.1 Å². The van der Waals surface area contributed by atoms with E-state index in [-0.39, 0.29) is 34.8 Å². The molecule has 1 aromatic rings. The van der Waals surface area contributed by atoms with Gasteiger partial charge in [-0.2, -0.15) is 0 Å². The Bertz CT molecular complexity index is 1490. The van der Waals surface area contributed by atoms with Crippen LogP contribution in [-0.4, -0.2) is 74.4 Å². The largest absolute Gasteiger partial charge is 0.496 e. The van der Waals surface area contributed by atoms with Gasteiger partial charge in [0.15, 0.2) is 11.9 Å². The van der Waals surface area contributed by atoms with Crippen molar-refractivity contribution in [1.29, 1.82) is 0 Å². The Labute approximate surface area is 269 Å².